The van der Waals surface area contributed by atoms with Gasteiger partial charge in [-0.25, -0.2) is 4.68 Å². The van der Waals surface area contributed by atoms with Crippen LogP contribution in [0, 0.1) is 0 Å². The highest BCUT2D eigenvalue weighted by molar-refractivity contribution is 7.99. The average Bonchev–Trinajstić information content (AvgIpc) is 2.34. The van der Waals surface area contributed by atoms with Crippen LogP contribution < -0.4 is 10.9 Å². The molecule has 96 valence electrons. The summed E-state index contributed by atoms with van der Waals surface area (Å²) in [6.45, 7) is 5.81. The van der Waals surface area contributed by atoms with Gasteiger partial charge in [-0.05, 0) is 24.3 Å². The molecule has 5 heteroatoms. The van der Waals surface area contributed by atoms with Crippen molar-refractivity contribution in [3.63, 3.8) is 0 Å². The van der Waals surface area contributed by atoms with Gasteiger partial charge < -0.3 is 5.32 Å². The van der Waals surface area contributed by atoms with Gasteiger partial charge in [-0.1, -0.05) is 13.8 Å². The number of aromatic nitrogens is 2. The Balaban J connectivity index is 2.48. The van der Waals surface area contributed by atoms with E-state index in [1.807, 2.05) is 11.8 Å². The Morgan fingerprint density at radius 1 is 1.47 bits per heavy atom. The summed E-state index contributed by atoms with van der Waals surface area (Å²) in [5.74, 6) is 2.21. The first kappa shape index (κ1) is 14.1. The molecule has 0 atom stereocenters. The number of nitrogens with one attached hydrogen (secondary N) is 1. The van der Waals surface area contributed by atoms with E-state index in [0.717, 1.165) is 36.6 Å². The lowest BCUT2D eigenvalue weighted by molar-refractivity contribution is 0.571. The van der Waals surface area contributed by atoms with Crippen molar-refractivity contribution in [3.8, 4) is 0 Å². The second-order valence-electron chi connectivity index (χ2n) is 3.78. The maximum Gasteiger partial charge on any atom is 0.268 e. The normalized spacial score (nSPS) is 10.5. The van der Waals surface area contributed by atoms with Crippen molar-refractivity contribution in [3.05, 3.63) is 22.6 Å². The van der Waals surface area contributed by atoms with Crippen molar-refractivity contribution >= 4 is 17.4 Å². The molecule has 17 heavy (non-hydrogen) atoms. The van der Waals surface area contributed by atoms with Gasteiger partial charge in [-0.2, -0.15) is 16.9 Å². The van der Waals surface area contributed by atoms with Crippen molar-refractivity contribution in [2.75, 3.05) is 23.4 Å². The molecule has 4 nitrogen and oxygen atoms in total. The molecule has 1 aromatic heterocycles. The van der Waals surface area contributed by atoms with Crippen LogP contribution in [0.2, 0.25) is 0 Å². The lowest BCUT2D eigenvalue weighted by atomic mass is 10.4. The molecule has 0 radical (unpaired) electrons. The monoisotopic (exact) mass is 255 g/mol. The van der Waals surface area contributed by atoms with E-state index in [-0.39, 0.29) is 5.56 Å². The van der Waals surface area contributed by atoms with Crippen LogP contribution in [-0.4, -0.2) is 27.8 Å². The van der Waals surface area contributed by atoms with E-state index in [9.17, 15) is 4.79 Å². The largest absolute Gasteiger partial charge is 0.384 e. The zero-order chi connectivity index (χ0) is 12.5. The van der Waals surface area contributed by atoms with E-state index in [1.54, 1.807) is 12.3 Å². The summed E-state index contributed by atoms with van der Waals surface area (Å²) in [6, 6.07) is 1.62. The molecular formula is C12H21N3OS. The molecule has 0 unspecified atom stereocenters. The maximum atomic E-state index is 11.7. The molecule has 0 saturated heterocycles. The predicted octanol–water partition coefficient (Wildman–Crippen LogP) is 2.21. The van der Waals surface area contributed by atoms with Crippen LogP contribution in [0.4, 0.5) is 5.69 Å². The van der Waals surface area contributed by atoms with Crippen LogP contribution in [-0.2, 0) is 6.54 Å². The highest BCUT2D eigenvalue weighted by Gasteiger charge is 1.99. The first-order valence-electron chi connectivity index (χ1n) is 6.16. The van der Waals surface area contributed by atoms with E-state index in [2.05, 4.69) is 24.3 Å². The Morgan fingerprint density at radius 2 is 2.29 bits per heavy atom. The Kier molecular flexibility index (Phi) is 6.77. The summed E-state index contributed by atoms with van der Waals surface area (Å²) in [6.07, 6.45) is 3.76. The van der Waals surface area contributed by atoms with E-state index in [1.165, 1.54) is 4.68 Å². The number of hydrogen-bond acceptors (Lipinski definition) is 4. The van der Waals surface area contributed by atoms with Crippen molar-refractivity contribution in [2.24, 2.45) is 0 Å². The standard InChI is InChI=1S/C12H21N3OS/c1-3-6-13-11-9-12(16)15(14-10-11)7-5-8-17-4-2/h9-10,13H,3-8H2,1-2H3. The molecule has 0 aliphatic heterocycles. The Hall–Kier alpha value is -0.970. The Bertz CT molecular complexity index is 378. The minimum Gasteiger partial charge on any atom is -0.384 e. The quantitative estimate of drug-likeness (QED) is 0.723. The van der Waals surface area contributed by atoms with E-state index in [4.69, 9.17) is 0 Å². The first-order chi connectivity index (χ1) is 8.27. The summed E-state index contributed by atoms with van der Waals surface area (Å²) in [5.41, 5.74) is 0.795. The van der Waals surface area contributed by atoms with Crippen LogP contribution >= 0.6 is 11.8 Å². The third kappa shape index (κ3) is 5.26. The van der Waals surface area contributed by atoms with Gasteiger partial charge in [0.25, 0.3) is 5.56 Å². The van der Waals surface area contributed by atoms with Crippen molar-refractivity contribution in [1.29, 1.82) is 0 Å². The molecule has 0 saturated carbocycles. The number of thioether (sulfide) groups is 1. The fourth-order valence-corrected chi connectivity index (χ4v) is 2.05. The summed E-state index contributed by atoms with van der Waals surface area (Å²) < 4.78 is 1.54. The molecule has 0 amide bonds. The third-order valence-corrected chi connectivity index (χ3v) is 3.30. The van der Waals surface area contributed by atoms with Gasteiger partial charge in [0.1, 0.15) is 0 Å². The molecule has 1 rings (SSSR count). The van der Waals surface area contributed by atoms with Crippen LogP contribution in [0.3, 0.4) is 0 Å². The summed E-state index contributed by atoms with van der Waals surface area (Å²) >= 11 is 1.89. The topological polar surface area (TPSA) is 46.9 Å². The fraction of sp³-hybridized carbons (Fsp3) is 0.667. The minimum absolute atomic E-state index is 0.0207. The molecule has 0 aliphatic rings. The minimum atomic E-state index is -0.0207. The smallest absolute Gasteiger partial charge is 0.268 e. The molecule has 0 aliphatic carbocycles. The molecule has 0 spiro atoms. The van der Waals surface area contributed by atoms with Crippen molar-refractivity contribution in [2.45, 2.75) is 33.2 Å². The molecule has 0 aromatic carbocycles. The van der Waals surface area contributed by atoms with E-state index >= 15 is 0 Å². The molecule has 0 bridgehead atoms. The van der Waals surface area contributed by atoms with Gasteiger partial charge >= 0.3 is 0 Å². The van der Waals surface area contributed by atoms with Crippen molar-refractivity contribution in [1.82, 2.24) is 9.78 Å². The molecule has 1 heterocycles. The molecule has 0 fully saturated rings. The third-order valence-electron chi connectivity index (χ3n) is 2.31. The lowest BCUT2D eigenvalue weighted by Crippen LogP contribution is -2.23. The number of rotatable bonds is 8. The SMILES string of the molecule is CCCNc1cnn(CCCSCC)c(=O)c1. The van der Waals surface area contributed by atoms with Crippen LogP contribution in [0.15, 0.2) is 17.1 Å². The fourth-order valence-electron chi connectivity index (χ4n) is 1.43. The molecule has 1 N–H and O–H groups in total. The Morgan fingerprint density at radius 3 is 2.94 bits per heavy atom. The van der Waals surface area contributed by atoms with E-state index in [0.29, 0.717) is 6.54 Å². The number of hydrogen-bond donors (Lipinski definition) is 1. The van der Waals surface area contributed by atoms with Gasteiger partial charge in [0.2, 0.25) is 0 Å². The summed E-state index contributed by atoms with van der Waals surface area (Å²) in [5, 5.41) is 7.32. The summed E-state index contributed by atoms with van der Waals surface area (Å²) in [4.78, 5) is 11.7. The van der Waals surface area contributed by atoms with Crippen molar-refractivity contribution < 1.29 is 0 Å². The maximum absolute atomic E-state index is 11.7. The average molecular weight is 255 g/mol. The molecular weight excluding hydrogens is 234 g/mol. The highest BCUT2D eigenvalue weighted by atomic mass is 32.2. The van der Waals surface area contributed by atoms with Gasteiger partial charge in [-0.3, -0.25) is 4.79 Å². The first-order valence-corrected chi connectivity index (χ1v) is 7.32. The second-order valence-corrected chi connectivity index (χ2v) is 5.18. The van der Waals surface area contributed by atoms with Gasteiger partial charge in [-0.15, -0.1) is 0 Å². The molecule has 1 aromatic rings. The van der Waals surface area contributed by atoms with Crippen LogP contribution in [0.25, 0.3) is 0 Å². The van der Waals surface area contributed by atoms with E-state index < -0.39 is 0 Å². The van der Waals surface area contributed by atoms with Crippen LogP contribution in [0.5, 0.6) is 0 Å². The van der Waals surface area contributed by atoms with Gasteiger partial charge in [0, 0.05) is 19.2 Å². The zero-order valence-electron chi connectivity index (χ0n) is 10.6. The summed E-state index contributed by atoms with van der Waals surface area (Å²) in [7, 11) is 0. The number of anilines is 1. The number of aryl methyl sites for hydroxylation is 1. The lowest BCUT2D eigenvalue weighted by Gasteiger charge is -2.07. The highest BCUT2D eigenvalue weighted by Crippen LogP contribution is 2.03. The van der Waals surface area contributed by atoms with Gasteiger partial charge in [0.05, 0.1) is 11.9 Å². The van der Waals surface area contributed by atoms with Gasteiger partial charge in [0.15, 0.2) is 0 Å². The second kappa shape index (κ2) is 8.17. The Labute approximate surface area is 107 Å². The number of nitrogens with zero attached hydrogens (tertiary/aromatic N) is 2. The van der Waals surface area contributed by atoms with Crippen LogP contribution in [0.1, 0.15) is 26.7 Å². The zero-order valence-corrected chi connectivity index (χ0v) is 11.4. The predicted molar refractivity (Wildman–Crippen MR) is 74.9 cm³/mol.